The van der Waals surface area contributed by atoms with Crippen molar-refractivity contribution in [2.24, 2.45) is 0 Å². The van der Waals surface area contributed by atoms with E-state index in [1.165, 1.54) is 0 Å². The highest BCUT2D eigenvalue weighted by Gasteiger charge is 2.33. The second-order valence-electron chi connectivity index (χ2n) is 2.54. The van der Waals surface area contributed by atoms with Crippen molar-refractivity contribution in [1.29, 1.82) is 0 Å². The molecular formula is C10H11BrF3NO2. The van der Waals surface area contributed by atoms with E-state index in [0.717, 1.165) is 13.3 Å². The maximum absolute atomic E-state index is 12.2. The average Bonchev–Trinajstić information content (AvgIpc) is 2.30. The van der Waals surface area contributed by atoms with E-state index in [9.17, 15) is 18.0 Å². The minimum atomic E-state index is -4.58. The number of rotatable bonds is 1. The Labute approximate surface area is 105 Å². The van der Waals surface area contributed by atoms with Crippen LogP contribution in [-0.4, -0.2) is 18.1 Å². The first-order chi connectivity index (χ1) is 7.86. The number of esters is 1. The molecule has 0 aliphatic rings. The number of alkyl halides is 3. The van der Waals surface area contributed by atoms with Gasteiger partial charge in [-0.2, -0.15) is 13.2 Å². The van der Waals surface area contributed by atoms with Gasteiger partial charge in [-0.05, 0) is 22.0 Å². The van der Waals surface area contributed by atoms with Gasteiger partial charge in [0.05, 0.1) is 17.1 Å². The molecule has 1 aromatic heterocycles. The lowest BCUT2D eigenvalue weighted by Gasteiger charge is -2.07. The molecular weight excluding hydrogens is 303 g/mol. The maximum atomic E-state index is 12.2. The molecule has 0 bridgehead atoms. The van der Waals surface area contributed by atoms with Crippen LogP contribution in [0.15, 0.2) is 16.7 Å². The van der Waals surface area contributed by atoms with Gasteiger partial charge in [-0.1, -0.05) is 13.8 Å². The fraction of sp³-hybridized carbons (Fsp3) is 0.400. The minimum Gasteiger partial charge on any atom is -0.465 e. The number of pyridine rings is 1. The van der Waals surface area contributed by atoms with Crippen molar-refractivity contribution >= 4 is 21.9 Å². The van der Waals surface area contributed by atoms with E-state index < -0.39 is 17.8 Å². The fourth-order valence-electron chi connectivity index (χ4n) is 0.860. The molecule has 96 valence electrons. The van der Waals surface area contributed by atoms with Crippen LogP contribution in [0.2, 0.25) is 0 Å². The summed E-state index contributed by atoms with van der Waals surface area (Å²) in [6.45, 7) is 4.00. The van der Waals surface area contributed by atoms with Gasteiger partial charge < -0.3 is 4.74 Å². The van der Waals surface area contributed by atoms with Crippen molar-refractivity contribution < 1.29 is 22.7 Å². The van der Waals surface area contributed by atoms with E-state index in [1.807, 2.05) is 13.8 Å². The van der Waals surface area contributed by atoms with Crippen LogP contribution in [0.3, 0.4) is 0 Å². The van der Waals surface area contributed by atoms with Crippen LogP contribution in [0, 0.1) is 0 Å². The zero-order chi connectivity index (χ0) is 13.6. The van der Waals surface area contributed by atoms with Gasteiger partial charge >= 0.3 is 12.1 Å². The molecule has 0 aliphatic heterocycles. The van der Waals surface area contributed by atoms with Gasteiger partial charge in [0.1, 0.15) is 5.69 Å². The summed E-state index contributed by atoms with van der Waals surface area (Å²) in [6.07, 6.45) is -3.67. The van der Waals surface area contributed by atoms with E-state index >= 15 is 0 Å². The van der Waals surface area contributed by atoms with E-state index in [0.29, 0.717) is 6.07 Å². The minimum absolute atomic E-state index is 0.155. The number of halogens is 4. The van der Waals surface area contributed by atoms with Gasteiger partial charge in [0.2, 0.25) is 0 Å². The molecule has 0 atom stereocenters. The summed E-state index contributed by atoms with van der Waals surface area (Å²) in [5, 5.41) is 0. The lowest BCUT2D eigenvalue weighted by molar-refractivity contribution is -0.141. The van der Waals surface area contributed by atoms with Gasteiger partial charge in [-0.3, -0.25) is 4.98 Å². The normalized spacial score (nSPS) is 10.3. The molecule has 0 saturated carbocycles. The molecule has 0 aromatic carbocycles. The Kier molecular flexibility index (Phi) is 6.15. The van der Waals surface area contributed by atoms with Crippen LogP contribution < -0.4 is 0 Å². The van der Waals surface area contributed by atoms with Gasteiger partial charge in [-0.15, -0.1) is 0 Å². The molecule has 1 heterocycles. The number of carbonyl (C=O) groups is 1. The molecule has 0 spiro atoms. The average molecular weight is 314 g/mol. The molecule has 0 radical (unpaired) electrons. The van der Waals surface area contributed by atoms with Crippen molar-refractivity contribution in [3.8, 4) is 0 Å². The summed E-state index contributed by atoms with van der Waals surface area (Å²) in [5.74, 6) is -0.852. The SMILES string of the molecule is CC.COC(=O)c1cc(C(F)(F)F)ncc1Br. The molecule has 0 aliphatic carbocycles. The lowest BCUT2D eigenvalue weighted by Crippen LogP contribution is -2.11. The number of carbonyl (C=O) groups excluding carboxylic acids is 1. The third-order valence-electron chi connectivity index (χ3n) is 1.55. The van der Waals surface area contributed by atoms with Crippen LogP contribution in [0.25, 0.3) is 0 Å². The Hall–Kier alpha value is -1.11. The molecule has 3 nitrogen and oxygen atoms in total. The summed E-state index contributed by atoms with van der Waals surface area (Å²) in [6, 6.07) is 0.635. The van der Waals surface area contributed by atoms with Crippen molar-refractivity contribution in [2.45, 2.75) is 20.0 Å². The highest BCUT2D eigenvalue weighted by Crippen LogP contribution is 2.29. The Bertz CT molecular complexity index is 394. The predicted octanol–water partition coefficient (Wildman–Crippen LogP) is 3.68. The van der Waals surface area contributed by atoms with Crippen molar-refractivity contribution in [1.82, 2.24) is 4.98 Å². The van der Waals surface area contributed by atoms with Crippen LogP contribution in [-0.2, 0) is 10.9 Å². The fourth-order valence-corrected chi connectivity index (χ4v) is 1.24. The van der Waals surface area contributed by atoms with Crippen molar-refractivity contribution in [3.63, 3.8) is 0 Å². The summed E-state index contributed by atoms with van der Waals surface area (Å²) >= 11 is 2.91. The van der Waals surface area contributed by atoms with Crippen LogP contribution in [0.5, 0.6) is 0 Å². The number of ether oxygens (including phenoxy) is 1. The lowest BCUT2D eigenvalue weighted by atomic mass is 10.2. The van der Waals surface area contributed by atoms with Crippen LogP contribution >= 0.6 is 15.9 Å². The smallest absolute Gasteiger partial charge is 0.433 e. The molecule has 1 aromatic rings. The standard InChI is InChI=1S/C8H5BrF3NO2.C2H6/c1-15-7(14)4-2-6(8(10,11)12)13-3-5(4)9;1-2/h2-3H,1H3;1-2H3. The van der Waals surface area contributed by atoms with Crippen molar-refractivity contribution in [2.75, 3.05) is 7.11 Å². The Morgan fingerprint density at radius 2 is 1.94 bits per heavy atom. The van der Waals surface area contributed by atoms with Gasteiger partial charge in [-0.25, -0.2) is 4.79 Å². The molecule has 0 amide bonds. The maximum Gasteiger partial charge on any atom is 0.433 e. The second-order valence-corrected chi connectivity index (χ2v) is 3.39. The van der Waals surface area contributed by atoms with Crippen LogP contribution in [0.1, 0.15) is 29.9 Å². The highest BCUT2D eigenvalue weighted by molar-refractivity contribution is 9.10. The Morgan fingerprint density at radius 3 is 2.35 bits per heavy atom. The van der Waals surface area contributed by atoms with Crippen molar-refractivity contribution in [3.05, 3.63) is 28.0 Å². The molecule has 17 heavy (non-hydrogen) atoms. The molecule has 0 unspecified atom stereocenters. The molecule has 0 fully saturated rings. The predicted molar refractivity (Wildman–Crippen MR) is 59.6 cm³/mol. The number of hydrogen-bond acceptors (Lipinski definition) is 3. The molecule has 0 saturated heterocycles. The summed E-state index contributed by atoms with van der Waals surface area (Å²) in [4.78, 5) is 14.2. The summed E-state index contributed by atoms with van der Waals surface area (Å²) in [7, 11) is 1.09. The first-order valence-electron chi connectivity index (χ1n) is 4.67. The quantitative estimate of drug-likeness (QED) is 0.742. The number of nitrogens with zero attached hydrogens (tertiary/aromatic N) is 1. The summed E-state index contributed by atoms with van der Waals surface area (Å²) in [5.41, 5.74) is -1.34. The van der Waals surface area contributed by atoms with Gasteiger partial charge in [0, 0.05) is 6.20 Å². The Balaban J connectivity index is 0.00000121. The number of hydrogen-bond donors (Lipinski definition) is 0. The zero-order valence-electron chi connectivity index (χ0n) is 9.43. The largest absolute Gasteiger partial charge is 0.465 e. The molecule has 1 rings (SSSR count). The van der Waals surface area contributed by atoms with E-state index in [2.05, 4.69) is 25.7 Å². The Morgan fingerprint density at radius 1 is 1.41 bits per heavy atom. The number of methoxy groups -OCH3 is 1. The summed E-state index contributed by atoms with van der Waals surface area (Å²) < 4.78 is 41.2. The second kappa shape index (κ2) is 6.58. The van der Waals surface area contributed by atoms with E-state index in [-0.39, 0.29) is 10.0 Å². The monoisotopic (exact) mass is 313 g/mol. The topological polar surface area (TPSA) is 39.2 Å². The van der Waals surface area contributed by atoms with Gasteiger partial charge in [0.25, 0.3) is 0 Å². The number of aromatic nitrogens is 1. The first kappa shape index (κ1) is 15.9. The highest BCUT2D eigenvalue weighted by atomic mass is 79.9. The van der Waals surface area contributed by atoms with Gasteiger partial charge in [0.15, 0.2) is 0 Å². The third-order valence-corrected chi connectivity index (χ3v) is 2.18. The molecule has 0 N–H and O–H groups in total. The third kappa shape index (κ3) is 4.33. The molecule has 7 heteroatoms. The van der Waals surface area contributed by atoms with E-state index in [4.69, 9.17) is 0 Å². The van der Waals surface area contributed by atoms with Crippen LogP contribution in [0.4, 0.5) is 13.2 Å². The first-order valence-corrected chi connectivity index (χ1v) is 5.46. The zero-order valence-corrected chi connectivity index (χ0v) is 11.0. The van der Waals surface area contributed by atoms with E-state index in [1.54, 1.807) is 0 Å².